The number of anilines is 1. The third-order valence-corrected chi connectivity index (χ3v) is 4.40. The van der Waals surface area contributed by atoms with Crippen LogP contribution >= 0.6 is 0 Å². The number of benzene rings is 1. The fraction of sp³-hybridized carbons (Fsp3) is 0.182. The average molecular weight is 392 g/mol. The van der Waals surface area contributed by atoms with E-state index in [2.05, 4.69) is 0 Å². The van der Waals surface area contributed by atoms with Crippen LogP contribution in [0.3, 0.4) is 0 Å². The lowest BCUT2D eigenvalue weighted by molar-refractivity contribution is -0.124. The Balaban J connectivity index is 2.44. The summed E-state index contributed by atoms with van der Waals surface area (Å²) in [5.41, 5.74) is 0.702. The zero-order valence-corrected chi connectivity index (χ0v) is 16.3. The van der Waals surface area contributed by atoms with Gasteiger partial charge in [-0.2, -0.15) is 0 Å². The molecule has 0 atom stereocenters. The lowest BCUT2D eigenvalue weighted by atomic mass is 10.1. The van der Waals surface area contributed by atoms with Crippen molar-refractivity contribution < 1.29 is 23.9 Å². The van der Waals surface area contributed by atoms with Gasteiger partial charge in [-0.15, -0.1) is 0 Å². The van der Waals surface area contributed by atoms with E-state index in [0.29, 0.717) is 11.1 Å². The van der Waals surface area contributed by atoms with E-state index in [9.17, 15) is 19.2 Å². The third-order valence-electron chi connectivity index (χ3n) is 4.40. The quantitative estimate of drug-likeness (QED) is 0.492. The predicted molar refractivity (Wildman–Crippen MR) is 107 cm³/mol. The Hall–Kier alpha value is -3.74. The summed E-state index contributed by atoms with van der Waals surface area (Å²) in [4.78, 5) is 51.7. The molecule has 0 aliphatic rings. The summed E-state index contributed by atoms with van der Waals surface area (Å²) in [6.07, 6.45) is 1.61. The number of ether oxygens (including phenoxy) is 1. The summed E-state index contributed by atoms with van der Waals surface area (Å²) >= 11 is 0. The highest BCUT2D eigenvalue weighted by Gasteiger charge is 2.34. The molecule has 0 N–H and O–H groups in total. The van der Waals surface area contributed by atoms with Crippen LogP contribution in [0.15, 0.2) is 54.7 Å². The Morgan fingerprint density at radius 1 is 0.931 bits per heavy atom. The highest BCUT2D eigenvalue weighted by Crippen LogP contribution is 2.35. The van der Waals surface area contributed by atoms with Gasteiger partial charge < -0.3 is 9.14 Å². The molecule has 2 amide bonds. The number of hydrogen-bond acceptors (Lipinski definition) is 5. The van der Waals surface area contributed by atoms with Crippen LogP contribution in [0.1, 0.15) is 47.2 Å². The molecular weight excluding hydrogens is 372 g/mol. The summed E-state index contributed by atoms with van der Waals surface area (Å²) in [5, 5.41) is 0. The molecule has 148 valence electrons. The molecule has 1 aromatic carbocycles. The number of esters is 1. The number of carbonyl (C=O) groups excluding carboxylic acids is 4. The molecule has 2 aromatic heterocycles. The molecule has 0 saturated heterocycles. The van der Waals surface area contributed by atoms with Gasteiger partial charge in [-0.05, 0) is 19.1 Å². The van der Waals surface area contributed by atoms with Gasteiger partial charge in [0, 0.05) is 25.6 Å². The highest BCUT2D eigenvalue weighted by atomic mass is 16.5. The zero-order chi connectivity index (χ0) is 21.1. The van der Waals surface area contributed by atoms with E-state index in [1.54, 1.807) is 61.7 Å². The number of carbonyl (C=O) groups is 4. The van der Waals surface area contributed by atoms with Crippen molar-refractivity contribution in [2.45, 2.75) is 20.8 Å². The lowest BCUT2D eigenvalue weighted by Gasteiger charge is -2.19. The average Bonchev–Trinajstić information content (AvgIpc) is 3.02. The first-order chi connectivity index (χ1) is 13.9. The van der Waals surface area contributed by atoms with Crippen molar-refractivity contribution in [1.82, 2.24) is 4.40 Å². The largest absolute Gasteiger partial charge is 0.462 e. The van der Waals surface area contributed by atoms with E-state index in [1.807, 2.05) is 0 Å². The molecule has 3 rings (SSSR count). The van der Waals surface area contributed by atoms with E-state index >= 15 is 0 Å². The van der Waals surface area contributed by atoms with E-state index < -0.39 is 23.6 Å². The highest BCUT2D eigenvalue weighted by molar-refractivity contribution is 6.25. The van der Waals surface area contributed by atoms with Crippen molar-refractivity contribution in [1.29, 1.82) is 0 Å². The van der Waals surface area contributed by atoms with E-state index in [0.717, 1.165) is 4.90 Å². The van der Waals surface area contributed by atoms with Gasteiger partial charge in [0.2, 0.25) is 17.6 Å². The SMILES string of the molecule is CCOC(=O)c1c(N(C(C)=O)C(C)=O)c(C(=O)c2ccccc2)n2ccccc12. The van der Waals surface area contributed by atoms with Gasteiger partial charge in [0.05, 0.1) is 17.8 Å². The van der Waals surface area contributed by atoms with Crippen LogP contribution in [-0.2, 0) is 14.3 Å². The Morgan fingerprint density at radius 2 is 1.55 bits per heavy atom. The summed E-state index contributed by atoms with van der Waals surface area (Å²) < 4.78 is 6.68. The first kappa shape index (κ1) is 20.0. The normalized spacial score (nSPS) is 10.6. The summed E-state index contributed by atoms with van der Waals surface area (Å²) in [5.74, 6) is -2.36. The molecule has 0 saturated carbocycles. The number of nitrogens with zero attached hydrogens (tertiary/aromatic N) is 2. The van der Waals surface area contributed by atoms with Crippen molar-refractivity contribution >= 4 is 34.8 Å². The van der Waals surface area contributed by atoms with Crippen molar-refractivity contribution in [3.8, 4) is 0 Å². The second-order valence-corrected chi connectivity index (χ2v) is 6.32. The molecule has 0 spiro atoms. The minimum Gasteiger partial charge on any atom is -0.462 e. The van der Waals surface area contributed by atoms with Crippen molar-refractivity contribution in [2.75, 3.05) is 11.5 Å². The van der Waals surface area contributed by atoms with Gasteiger partial charge in [0.15, 0.2) is 0 Å². The Bertz CT molecular complexity index is 1100. The van der Waals surface area contributed by atoms with Crippen molar-refractivity contribution in [3.63, 3.8) is 0 Å². The smallest absolute Gasteiger partial charge is 0.342 e. The van der Waals surface area contributed by atoms with Gasteiger partial charge in [-0.3, -0.25) is 14.4 Å². The molecule has 29 heavy (non-hydrogen) atoms. The summed E-state index contributed by atoms with van der Waals surface area (Å²) in [6.45, 7) is 4.16. The Labute approximate surface area is 167 Å². The van der Waals surface area contributed by atoms with Gasteiger partial charge in [-0.1, -0.05) is 36.4 Å². The molecular formula is C22H20N2O5. The number of fused-ring (bicyclic) bond motifs is 1. The fourth-order valence-corrected chi connectivity index (χ4v) is 3.30. The van der Waals surface area contributed by atoms with Gasteiger partial charge in [0.1, 0.15) is 11.3 Å². The second kappa shape index (κ2) is 8.10. The maximum atomic E-state index is 13.4. The number of rotatable bonds is 5. The zero-order valence-electron chi connectivity index (χ0n) is 16.3. The minimum absolute atomic E-state index is 0.00266. The molecule has 0 fully saturated rings. The standard InChI is InChI=1S/C22H20N2O5/c1-4-29-22(28)18-17-12-8-9-13-23(17)20(19(18)24(14(2)25)15(3)26)21(27)16-10-6-5-7-11-16/h5-13H,4H2,1-3H3. The molecule has 0 unspecified atom stereocenters. The van der Waals surface area contributed by atoms with Gasteiger partial charge in [0.25, 0.3) is 0 Å². The van der Waals surface area contributed by atoms with Crippen LogP contribution in [-0.4, -0.2) is 34.6 Å². The predicted octanol–water partition coefficient (Wildman–Crippen LogP) is 3.25. The van der Waals surface area contributed by atoms with Crippen LogP contribution in [0.5, 0.6) is 0 Å². The van der Waals surface area contributed by atoms with Crippen LogP contribution in [0.4, 0.5) is 5.69 Å². The molecule has 0 aliphatic carbocycles. The lowest BCUT2D eigenvalue weighted by Crippen LogP contribution is -2.35. The second-order valence-electron chi connectivity index (χ2n) is 6.32. The fourth-order valence-electron chi connectivity index (χ4n) is 3.30. The summed E-state index contributed by atoms with van der Waals surface area (Å²) in [6, 6.07) is 13.5. The topological polar surface area (TPSA) is 85.2 Å². The van der Waals surface area contributed by atoms with E-state index in [1.165, 1.54) is 18.2 Å². The first-order valence-corrected chi connectivity index (χ1v) is 9.09. The third kappa shape index (κ3) is 3.54. The van der Waals surface area contributed by atoms with Crippen molar-refractivity contribution in [2.24, 2.45) is 0 Å². The molecule has 7 nitrogen and oxygen atoms in total. The minimum atomic E-state index is -0.717. The number of amides is 2. The van der Waals surface area contributed by atoms with Crippen LogP contribution in [0.25, 0.3) is 5.52 Å². The maximum absolute atomic E-state index is 13.4. The maximum Gasteiger partial charge on any atom is 0.342 e. The molecule has 7 heteroatoms. The van der Waals surface area contributed by atoms with Crippen molar-refractivity contribution in [3.05, 3.63) is 71.5 Å². The number of aromatic nitrogens is 1. The Morgan fingerprint density at radius 3 is 2.14 bits per heavy atom. The monoisotopic (exact) mass is 392 g/mol. The van der Waals surface area contributed by atoms with E-state index in [-0.39, 0.29) is 23.6 Å². The molecule has 0 aliphatic heterocycles. The van der Waals surface area contributed by atoms with Gasteiger partial charge >= 0.3 is 5.97 Å². The van der Waals surface area contributed by atoms with Crippen LogP contribution in [0.2, 0.25) is 0 Å². The van der Waals surface area contributed by atoms with Gasteiger partial charge in [-0.25, -0.2) is 9.69 Å². The molecule has 0 bridgehead atoms. The molecule has 0 radical (unpaired) electrons. The van der Waals surface area contributed by atoms with Crippen LogP contribution in [0, 0.1) is 0 Å². The number of pyridine rings is 1. The van der Waals surface area contributed by atoms with E-state index in [4.69, 9.17) is 4.74 Å². The first-order valence-electron chi connectivity index (χ1n) is 9.09. The number of hydrogen-bond donors (Lipinski definition) is 0. The number of ketones is 1. The summed E-state index contributed by atoms with van der Waals surface area (Å²) in [7, 11) is 0. The number of imide groups is 1. The van der Waals surface area contributed by atoms with Crippen LogP contribution < -0.4 is 4.90 Å². The molecule has 2 heterocycles. The molecule has 3 aromatic rings. The Kier molecular flexibility index (Phi) is 5.59.